The molecule has 98 valence electrons. The number of halogens is 1. The average Bonchev–Trinajstić information content (AvgIpc) is 2.91. The first-order valence-corrected chi connectivity index (χ1v) is 6.70. The second-order valence-corrected chi connectivity index (χ2v) is 5.14. The van der Waals surface area contributed by atoms with E-state index in [1.165, 1.54) is 12.1 Å². The lowest BCUT2D eigenvalue weighted by Gasteiger charge is -2.04. The van der Waals surface area contributed by atoms with Crippen LogP contribution in [0.2, 0.25) is 5.02 Å². The summed E-state index contributed by atoms with van der Waals surface area (Å²) in [6.45, 7) is 1.88. The van der Waals surface area contributed by atoms with Crippen LogP contribution in [0.3, 0.4) is 0 Å². The number of aromatic carboxylic acids is 1. The number of carboxylic acid groups (broad SMARTS) is 1. The topological polar surface area (TPSA) is 61.7 Å². The first kappa shape index (κ1) is 13.6. The number of hydrogen-bond donors (Lipinski definition) is 2. The highest BCUT2D eigenvalue weighted by atomic mass is 35.5. The molecule has 6 heteroatoms. The maximum atomic E-state index is 11.0. The third kappa shape index (κ3) is 3.33. The zero-order valence-electron chi connectivity index (χ0n) is 10.1. The number of carbonyl (C=O) groups is 1. The van der Waals surface area contributed by atoms with Crippen LogP contribution in [0.1, 0.15) is 22.2 Å². The zero-order valence-corrected chi connectivity index (χ0v) is 11.6. The summed E-state index contributed by atoms with van der Waals surface area (Å²) in [5.41, 5.74) is 4.30. The minimum Gasteiger partial charge on any atom is -0.478 e. The quantitative estimate of drug-likeness (QED) is 0.663. The van der Waals surface area contributed by atoms with E-state index in [4.69, 9.17) is 16.7 Å². The summed E-state index contributed by atoms with van der Waals surface area (Å²) < 4.78 is 0. The van der Waals surface area contributed by atoms with Gasteiger partial charge in [-0.2, -0.15) is 5.10 Å². The molecule has 0 aliphatic heterocycles. The molecule has 2 aromatic rings. The van der Waals surface area contributed by atoms with E-state index in [9.17, 15) is 4.79 Å². The smallest absolute Gasteiger partial charge is 0.337 e. The van der Waals surface area contributed by atoms with Crippen molar-refractivity contribution in [3.05, 3.63) is 51.2 Å². The predicted octanol–water partition coefficient (Wildman–Crippen LogP) is 3.94. The number of benzene rings is 1. The van der Waals surface area contributed by atoms with Crippen molar-refractivity contribution in [2.24, 2.45) is 5.10 Å². The van der Waals surface area contributed by atoms with Crippen LogP contribution in [0.5, 0.6) is 0 Å². The Hall–Kier alpha value is -1.85. The van der Waals surface area contributed by atoms with Gasteiger partial charge in [0.25, 0.3) is 0 Å². The third-order valence-corrected chi connectivity index (χ3v) is 3.74. The lowest BCUT2D eigenvalue weighted by atomic mass is 10.2. The van der Waals surface area contributed by atoms with Gasteiger partial charge >= 0.3 is 5.97 Å². The van der Waals surface area contributed by atoms with Gasteiger partial charge in [-0.1, -0.05) is 17.7 Å². The fourth-order valence-electron chi connectivity index (χ4n) is 1.45. The van der Waals surface area contributed by atoms with Crippen molar-refractivity contribution in [2.75, 3.05) is 5.43 Å². The van der Waals surface area contributed by atoms with Gasteiger partial charge < -0.3 is 5.11 Å². The van der Waals surface area contributed by atoms with Crippen LogP contribution in [0.25, 0.3) is 0 Å². The van der Waals surface area contributed by atoms with E-state index >= 15 is 0 Å². The van der Waals surface area contributed by atoms with E-state index < -0.39 is 5.97 Å². The molecule has 0 unspecified atom stereocenters. The van der Waals surface area contributed by atoms with Crippen LogP contribution in [-0.4, -0.2) is 16.8 Å². The highest BCUT2D eigenvalue weighted by molar-refractivity contribution is 7.12. The molecule has 0 radical (unpaired) electrons. The average molecular weight is 295 g/mol. The minimum atomic E-state index is -1.06. The van der Waals surface area contributed by atoms with Crippen LogP contribution in [0.15, 0.2) is 40.8 Å². The first-order valence-electron chi connectivity index (χ1n) is 5.45. The second-order valence-electron chi connectivity index (χ2n) is 3.79. The molecule has 0 atom stereocenters. The van der Waals surface area contributed by atoms with Gasteiger partial charge in [-0.3, -0.25) is 5.43 Å². The number of carboxylic acids is 1. The summed E-state index contributed by atoms with van der Waals surface area (Å²) in [7, 11) is 0. The molecule has 0 spiro atoms. The van der Waals surface area contributed by atoms with Gasteiger partial charge in [0, 0.05) is 4.88 Å². The molecule has 2 rings (SSSR count). The van der Waals surface area contributed by atoms with Crippen molar-refractivity contribution >= 4 is 40.3 Å². The number of thiophene rings is 1. The molecule has 0 fully saturated rings. The van der Waals surface area contributed by atoms with Crippen LogP contribution < -0.4 is 5.43 Å². The maximum absolute atomic E-state index is 11.0. The highest BCUT2D eigenvalue weighted by Crippen LogP contribution is 2.21. The molecule has 0 saturated heterocycles. The van der Waals surface area contributed by atoms with E-state index in [2.05, 4.69) is 10.5 Å². The van der Waals surface area contributed by atoms with Crippen molar-refractivity contribution < 1.29 is 9.90 Å². The van der Waals surface area contributed by atoms with E-state index in [1.807, 2.05) is 24.4 Å². The molecule has 2 N–H and O–H groups in total. The van der Waals surface area contributed by atoms with E-state index in [0.29, 0.717) is 5.69 Å². The van der Waals surface area contributed by atoms with Gasteiger partial charge in [-0.25, -0.2) is 4.79 Å². The molecule has 4 nitrogen and oxygen atoms in total. The fraction of sp³-hybridized carbons (Fsp3) is 0.0769. The highest BCUT2D eigenvalue weighted by Gasteiger charge is 2.09. The zero-order chi connectivity index (χ0) is 13.8. The Labute approximate surface area is 119 Å². The van der Waals surface area contributed by atoms with Crippen LogP contribution >= 0.6 is 22.9 Å². The molecule has 0 aliphatic rings. The van der Waals surface area contributed by atoms with Crippen molar-refractivity contribution in [3.63, 3.8) is 0 Å². The van der Waals surface area contributed by atoms with Crippen molar-refractivity contribution in [1.29, 1.82) is 0 Å². The largest absolute Gasteiger partial charge is 0.478 e. The fourth-order valence-corrected chi connectivity index (χ4v) is 2.32. The Kier molecular flexibility index (Phi) is 4.19. The van der Waals surface area contributed by atoms with Crippen LogP contribution in [0, 0.1) is 0 Å². The number of nitrogens with zero attached hydrogens (tertiary/aromatic N) is 1. The summed E-state index contributed by atoms with van der Waals surface area (Å²) >= 11 is 7.38. The first-order chi connectivity index (χ1) is 9.08. The maximum Gasteiger partial charge on any atom is 0.337 e. The van der Waals surface area contributed by atoms with Crippen molar-refractivity contribution in [2.45, 2.75) is 6.92 Å². The Morgan fingerprint density at radius 2 is 2.21 bits per heavy atom. The van der Waals surface area contributed by atoms with Gasteiger partial charge in [-0.15, -0.1) is 11.3 Å². The minimum absolute atomic E-state index is 0.0515. The van der Waals surface area contributed by atoms with Gasteiger partial charge in [0.15, 0.2) is 0 Å². The summed E-state index contributed by atoms with van der Waals surface area (Å²) in [5, 5.41) is 15.4. The third-order valence-electron chi connectivity index (χ3n) is 2.43. The summed E-state index contributed by atoms with van der Waals surface area (Å²) in [4.78, 5) is 12.0. The summed E-state index contributed by atoms with van der Waals surface area (Å²) in [6, 6.07) is 8.58. The Balaban J connectivity index is 2.18. The molecule has 19 heavy (non-hydrogen) atoms. The van der Waals surface area contributed by atoms with Gasteiger partial charge in [0.1, 0.15) is 0 Å². The van der Waals surface area contributed by atoms with Crippen LogP contribution in [0.4, 0.5) is 5.69 Å². The number of nitrogens with one attached hydrogen (secondary N) is 1. The lowest BCUT2D eigenvalue weighted by molar-refractivity contribution is 0.0697. The predicted molar refractivity (Wildman–Crippen MR) is 78.6 cm³/mol. The molecule has 0 bridgehead atoms. The van der Waals surface area contributed by atoms with Gasteiger partial charge in [0.05, 0.1) is 22.0 Å². The number of anilines is 1. The Morgan fingerprint density at radius 1 is 1.42 bits per heavy atom. The summed E-state index contributed by atoms with van der Waals surface area (Å²) in [5.74, 6) is -1.06. The molecule has 1 aromatic heterocycles. The number of rotatable bonds is 4. The molecule has 1 heterocycles. The number of hydrazone groups is 1. The second kappa shape index (κ2) is 5.86. The van der Waals surface area contributed by atoms with Crippen molar-refractivity contribution in [1.82, 2.24) is 0 Å². The van der Waals surface area contributed by atoms with Crippen molar-refractivity contribution in [3.8, 4) is 0 Å². The molecule has 0 amide bonds. The van der Waals surface area contributed by atoms with E-state index in [-0.39, 0.29) is 10.6 Å². The molecule has 1 aromatic carbocycles. The van der Waals surface area contributed by atoms with Crippen LogP contribution in [-0.2, 0) is 0 Å². The summed E-state index contributed by atoms with van der Waals surface area (Å²) in [6.07, 6.45) is 0. The number of hydrogen-bond acceptors (Lipinski definition) is 4. The molecule has 0 saturated carbocycles. The normalized spacial score (nSPS) is 11.4. The lowest BCUT2D eigenvalue weighted by Crippen LogP contribution is -2.01. The van der Waals surface area contributed by atoms with Gasteiger partial charge in [-0.05, 0) is 36.6 Å². The van der Waals surface area contributed by atoms with E-state index in [1.54, 1.807) is 17.4 Å². The Bertz CT molecular complexity index is 624. The monoisotopic (exact) mass is 294 g/mol. The van der Waals surface area contributed by atoms with E-state index in [0.717, 1.165) is 10.6 Å². The molecular formula is C13H11ClN2O2S. The van der Waals surface area contributed by atoms with Gasteiger partial charge in [0.2, 0.25) is 0 Å². The molecule has 0 aliphatic carbocycles. The molecular weight excluding hydrogens is 284 g/mol. The Morgan fingerprint density at radius 3 is 2.84 bits per heavy atom. The standard InChI is InChI=1S/C13H11ClN2O2S/c1-8(12-3-2-6-19-12)15-16-9-4-5-11(14)10(7-9)13(17)18/h2-7,16H,1H3,(H,17,18)/b15-8-. The SMILES string of the molecule is C/C(=N/Nc1ccc(Cl)c(C(=O)O)c1)c1cccs1.